The lowest BCUT2D eigenvalue weighted by atomic mass is 9.96. The molecule has 0 aliphatic carbocycles. The molecule has 0 saturated carbocycles. The third kappa shape index (κ3) is 4.86. The number of anilines is 1. The number of benzene rings is 1. The van der Waals surface area contributed by atoms with E-state index in [9.17, 15) is 27.5 Å². The molecule has 172 valence electrons. The number of hydrogen-bond donors (Lipinski definition) is 2. The van der Waals surface area contributed by atoms with Crippen molar-refractivity contribution in [3.63, 3.8) is 0 Å². The number of nitrogens with zero attached hydrogens (tertiary/aromatic N) is 2. The summed E-state index contributed by atoms with van der Waals surface area (Å²) < 4.78 is 61.4. The Morgan fingerprint density at radius 1 is 1.09 bits per heavy atom. The van der Waals surface area contributed by atoms with Crippen molar-refractivity contribution in [2.24, 2.45) is 0 Å². The van der Waals surface area contributed by atoms with Crippen molar-refractivity contribution in [3.05, 3.63) is 77.5 Å². The minimum absolute atomic E-state index is 0.161. The molecule has 2 N–H and O–H groups in total. The first-order valence-electron chi connectivity index (χ1n) is 10.1. The van der Waals surface area contributed by atoms with Gasteiger partial charge in [0.25, 0.3) is 5.91 Å². The molecule has 1 aliphatic heterocycles. The predicted molar refractivity (Wildman–Crippen MR) is 111 cm³/mol. The molecular weight excluding hydrogens is 442 g/mol. The SMILES string of the molecule is O=C(Nc1cnccc1C1CC(O)CC(CF)O1)c1ccc(F)c(-c2c(F)cccc2F)n1. The van der Waals surface area contributed by atoms with Gasteiger partial charge < -0.3 is 15.2 Å². The van der Waals surface area contributed by atoms with E-state index in [1.54, 1.807) is 6.07 Å². The second kappa shape index (κ2) is 9.63. The number of nitrogens with one attached hydrogen (secondary N) is 1. The summed E-state index contributed by atoms with van der Waals surface area (Å²) in [6, 6.07) is 6.56. The molecule has 2 aromatic heterocycles. The normalized spacial score (nSPS) is 20.5. The smallest absolute Gasteiger partial charge is 0.274 e. The Morgan fingerprint density at radius 3 is 2.58 bits per heavy atom. The Bertz CT molecular complexity index is 1160. The van der Waals surface area contributed by atoms with E-state index >= 15 is 0 Å². The first kappa shape index (κ1) is 22.8. The number of aliphatic hydroxyl groups excluding tert-OH is 1. The second-order valence-corrected chi connectivity index (χ2v) is 7.57. The highest BCUT2D eigenvalue weighted by molar-refractivity contribution is 6.03. The van der Waals surface area contributed by atoms with Gasteiger partial charge in [0, 0.05) is 24.6 Å². The summed E-state index contributed by atoms with van der Waals surface area (Å²) in [7, 11) is 0. The molecule has 1 aliphatic rings. The van der Waals surface area contributed by atoms with E-state index in [0.717, 1.165) is 30.3 Å². The summed E-state index contributed by atoms with van der Waals surface area (Å²) in [5, 5.41) is 12.6. The van der Waals surface area contributed by atoms with E-state index in [4.69, 9.17) is 4.74 Å². The maximum absolute atomic E-state index is 14.3. The first-order chi connectivity index (χ1) is 15.9. The van der Waals surface area contributed by atoms with Crippen LogP contribution in [0, 0.1) is 17.5 Å². The first-order valence-corrected chi connectivity index (χ1v) is 10.1. The summed E-state index contributed by atoms with van der Waals surface area (Å²) in [6.45, 7) is -0.769. The van der Waals surface area contributed by atoms with Gasteiger partial charge in [0.05, 0.1) is 35.8 Å². The molecule has 3 atom stereocenters. The maximum Gasteiger partial charge on any atom is 0.274 e. The van der Waals surface area contributed by atoms with Gasteiger partial charge >= 0.3 is 0 Å². The highest BCUT2D eigenvalue weighted by Crippen LogP contribution is 2.35. The zero-order valence-corrected chi connectivity index (χ0v) is 17.1. The quantitative estimate of drug-likeness (QED) is 0.552. The van der Waals surface area contributed by atoms with Crippen LogP contribution in [0.15, 0.2) is 48.8 Å². The fraction of sp³-hybridized carbons (Fsp3) is 0.261. The van der Waals surface area contributed by atoms with Crippen LogP contribution < -0.4 is 5.32 Å². The van der Waals surface area contributed by atoms with Crippen LogP contribution in [0.1, 0.15) is 35.0 Å². The molecule has 1 saturated heterocycles. The summed E-state index contributed by atoms with van der Waals surface area (Å²) in [5.41, 5.74) is -0.958. The van der Waals surface area contributed by atoms with Crippen molar-refractivity contribution in [2.45, 2.75) is 31.2 Å². The number of carbonyl (C=O) groups is 1. The second-order valence-electron chi connectivity index (χ2n) is 7.57. The fourth-order valence-corrected chi connectivity index (χ4v) is 3.73. The molecule has 10 heteroatoms. The molecule has 6 nitrogen and oxygen atoms in total. The molecule has 3 unspecified atom stereocenters. The van der Waals surface area contributed by atoms with Gasteiger partial charge in [-0.05, 0) is 30.3 Å². The van der Waals surface area contributed by atoms with Crippen molar-refractivity contribution < 1.29 is 32.2 Å². The largest absolute Gasteiger partial charge is 0.393 e. The standard InChI is InChI=1S/C23H19F4N3O3/c24-10-13-8-12(31)9-20(33-13)14-6-7-28-11-19(14)30-23(32)18-5-4-17(27)22(29-18)21-15(25)2-1-3-16(21)26/h1-7,11-13,20,31H,8-10H2,(H,30,32). The molecule has 3 aromatic rings. The number of ether oxygens (including phenoxy) is 1. The molecule has 0 bridgehead atoms. The monoisotopic (exact) mass is 461 g/mol. The van der Waals surface area contributed by atoms with Crippen LogP contribution in [0.5, 0.6) is 0 Å². The zero-order valence-electron chi connectivity index (χ0n) is 17.1. The Balaban J connectivity index is 1.63. The number of rotatable bonds is 5. The van der Waals surface area contributed by atoms with Gasteiger partial charge in [0.2, 0.25) is 0 Å². The summed E-state index contributed by atoms with van der Waals surface area (Å²) >= 11 is 0. The number of carbonyl (C=O) groups excluding carboxylic acids is 1. The fourth-order valence-electron chi connectivity index (χ4n) is 3.73. The van der Waals surface area contributed by atoms with Gasteiger partial charge in [-0.25, -0.2) is 22.5 Å². The third-order valence-electron chi connectivity index (χ3n) is 5.28. The Kier molecular flexibility index (Phi) is 6.66. The van der Waals surface area contributed by atoms with Crippen LogP contribution >= 0.6 is 0 Å². The number of aliphatic hydroxyl groups is 1. The van der Waals surface area contributed by atoms with Crippen molar-refractivity contribution >= 4 is 11.6 Å². The average molecular weight is 461 g/mol. The van der Waals surface area contributed by atoms with Gasteiger partial charge in [0.15, 0.2) is 0 Å². The number of hydrogen-bond acceptors (Lipinski definition) is 5. The summed E-state index contributed by atoms with van der Waals surface area (Å²) in [6.07, 6.45) is 0.879. The van der Waals surface area contributed by atoms with Gasteiger partial charge in [-0.2, -0.15) is 0 Å². The van der Waals surface area contributed by atoms with Gasteiger partial charge in [-0.1, -0.05) is 6.07 Å². The molecule has 3 heterocycles. The number of pyridine rings is 2. The van der Waals surface area contributed by atoms with Crippen LogP contribution in [-0.4, -0.2) is 39.9 Å². The van der Waals surface area contributed by atoms with Crippen molar-refractivity contribution in [1.29, 1.82) is 0 Å². The third-order valence-corrected chi connectivity index (χ3v) is 5.28. The zero-order chi connectivity index (χ0) is 23.5. The predicted octanol–water partition coefficient (Wildman–Crippen LogP) is 4.36. The van der Waals surface area contributed by atoms with Crippen LogP contribution in [0.3, 0.4) is 0 Å². The van der Waals surface area contributed by atoms with Gasteiger partial charge in [0.1, 0.15) is 35.5 Å². The average Bonchev–Trinajstić information content (AvgIpc) is 2.80. The molecule has 0 radical (unpaired) electrons. The number of aromatic nitrogens is 2. The van der Waals surface area contributed by atoms with Gasteiger partial charge in [-0.15, -0.1) is 0 Å². The lowest BCUT2D eigenvalue weighted by molar-refractivity contribution is -0.104. The number of halogens is 4. The highest BCUT2D eigenvalue weighted by Gasteiger charge is 2.31. The van der Waals surface area contributed by atoms with Gasteiger partial charge in [-0.3, -0.25) is 9.78 Å². The molecule has 1 aromatic carbocycles. The Hall–Kier alpha value is -3.37. The molecule has 1 amide bonds. The molecular formula is C23H19F4N3O3. The molecule has 0 spiro atoms. The van der Waals surface area contributed by atoms with Crippen molar-refractivity contribution in [3.8, 4) is 11.3 Å². The van der Waals surface area contributed by atoms with E-state index in [2.05, 4.69) is 15.3 Å². The van der Waals surface area contributed by atoms with Crippen molar-refractivity contribution in [1.82, 2.24) is 9.97 Å². The van der Waals surface area contributed by atoms with Crippen LogP contribution in [0.2, 0.25) is 0 Å². The van der Waals surface area contributed by atoms with Crippen LogP contribution in [0.25, 0.3) is 11.3 Å². The Labute approximate surface area is 186 Å². The van der Waals surface area contributed by atoms with E-state index < -0.39 is 59.6 Å². The van der Waals surface area contributed by atoms with Crippen molar-refractivity contribution in [2.75, 3.05) is 12.0 Å². The summed E-state index contributed by atoms with van der Waals surface area (Å²) in [4.78, 5) is 20.6. The van der Waals surface area contributed by atoms with E-state index in [1.165, 1.54) is 12.4 Å². The lowest BCUT2D eigenvalue weighted by Gasteiger charge is -2.32. The highest BCUT2D eigenvalue weighted by atomic mass is 19.1. The van der Waals surface area contributed by atoms with E-state index in [1.807, 2.05) is 0 Å². The topological polar surface area (TPSA) is 84.3 Å². The van der Waals surface area contributed by atoms with E-state index in [-0.39, 0.29) is 24.2 Å². The minimum atomic E-state index is -1.02. The van der Waals surface area contributed by atoms with Crippen LogP contribution in [0.4, 0.5) is 23.2 Å². The molecule has 33 heavy (non-hydrogen) atoms. The summed E-state index contributed by atoms with van der Waals surface area (Å²) in [5.74, 6) is -3.84. The maximum atomic E-state index is 14.3. The number of alkyl halides is 1. The minimum Gasteiger partial charge on any atom is -0.393 e. The Morgan fingerprint density at radius 2 is 1.85 bits per heavy atom. The number of amides is 1. The van der Waals surface area contributed by atoms with Crippen LogP contribution in [-0.2, 0) is 4.74 Å². The molecule has 4 rings (SSSR count). The van der Waals surface area contributed by atoms with E-state index in [0.29, 0.717) is 5.56 Å². The molecule has 1 fully saturated rings. The lowest BCUT2D eigenvalue weighted by Crippen LogP contribution is -2.33.